The van der Waals surface area contributed by atoms with E-state index < -0.39 is 10.0 Å². The lowest BCUT2D eigenvalue weighted by Crippen LogP contribution is -2.14. The fourth-order valence-corrected chi connectivity index (χ4v) is 2.60. The van der Waals surface area contributed by atoms with Gasteiger partial charge in [-0.15, -0.1) is 5.10 Å². The van der Waals surface area contributed by atoms with Crippen LogP contribution in [0.2, 0.25) is 0 Å². The second-order valence-electron chi connectivity index (χ2n) is 4.50. The molecule has 0 atom stereocenters. The molecule has 2 rings (SSSR count). The third-order valence-corrected chi connectivity index (χ3v) is 3.81. The molecule has 0 aliphatic carbocycles. The second-order valence-corrected chi connectivity index (χ2v) is 6.18. The van der Waals surface area contributed by atoms with E-state index in [0.717, 1.165) is 0 Å². The minimum absolute atomic E-state index is 0.0355. The molecule has 1 heterocycles. The molecule has 0 amide bonds. The number of benzene rings is 1. The van der Waals surface area contributed by atoms with E-state index in [1.54, 1.807) is 19.1 Å². The zero-order valence-electron chi connectivity index (χ0n) is 11.4. The van der Waals surface area contributed by atoms with Gasteiger partial charge in [0.1, 0.15) is 11.4 Å². The van der Waals surface area contributed by atoms with Crippen LogP contribution in [0.25, 0.3) is 0 Å². The molecule has 0 bridgehead atoms. The maximum Gasteiger partial charge on any atom is 0.263 e. The van der Waals surface area contributed by atoms with Crippen LogP contribution in [0.1, 0.15) is 19.5 Å². The maximum absolute atomic E-state index is 12.2. The molecule has 20 heavy (non-hydrogen) atoms. The molecule has 0 spiro atoms. The van der Waals surface area contributed by atoms with Gasteiger partial charge in [0.2, 0.25) is 0 Å². The Morgan fingerprint density at radius 2 is 1.85 bits per heavy atom. The Hall–Kier alpha value is -2.09. The van der Waals surface area contributed by atoms with E-state index in [2.05, 4.69) is 20.1 Å². The Bertz CT molecular complexity index is 677. The van der Waals surface area contributed by atoms with Crippen molar-refractivity contribution in [2.24, 2.45) is 0 Å². The lowest BCUT2D eigenvalue weighted by molar-refractivity contribution is 0.242. The normalized spacial score (nSPS) is 11.6. The maximum atomic E-state index is 12.2. The van der Waals surface area contributed by atoms with Gasteiger partial charge in [0.05, 0.1) is 11.0 Å². The molecule has 0 fully saturated rings. The number of aromatic nitrogens is 3. The first-order chi connectivity index (χ1) is 9.38. The molecular weight excluding hydrogens is 280 g/mol. The minimum atomic E-state index is -3.68. The van der Waals surface area contributed by atoms with Gasteiger partial charge < -0.3 is 4.74 Å². The zero-order chi connectivity index (χ0) is 14.8. The largest absolute Gasteiger partial charge is 0.491 e. The summed E-state index contributed by atoms with van der Waals surface area (Å²) in [6.07, 6.45) is 0.0355. The molecule has 8 heteroatoms. The van der Waals surface area contributed by atoms with Crippen LogP contribution in [-0.4, -0.2) is 29.9 Å². The van der Waals surface area contributed by atoms with Gasteiger partial charge in [0, 0.05) is 0 Å². The lowest BCUT2D eigenvalue weighted by atomic mass is 10.3. The Morgan fingerprint density at radius 3 is 2.35 bits per heavy atom. The van der Waals surface area contributed by atoms with Crippen molar-refractivity contribution in [2.45, 2.75) is 31.8 Å². The lowest BCUT2D eigenvalue weighted by Gasteiger charge is -2.10. The van der Waals surface area contributed by atoms with Gasteiger partial charge in [-0.2, -0.15) is 10.3 Å². The van der Waals surface area contributed by atoms with Gasteiger partial charge in [-0.3, -0.25) is 4.72 Å². The molecule has 0 unspecified atom stereocenters. The molecule has 0 radical (unpaired) electrons. The predicted molar refractivity (Wildman–Crippen MR) is 74.1 cm³/mol. The number of H-pyrrole nitrogens is 1. The topological polar surface area (TPSA) is 97.0 Å². The Balaban J connectivity index is 2.19. The second kappa shape index (κ2) is 5.49. The third-order valence-electron chi connectivity index (χ3n) is 2.46. The molecule has 2 N–H and O–H groups in total. The molecule has 2 aromatic rings. The van der Waals surface area contributed by atoms with Crippen LogP contribution in [0, 0.1) is 6.92 Å². The number of hydrogen-bond donors (Lipinski definition) is 2. The van der Waals surface area contributed by atoms with Crippen LogP contribution in [0.5, 0.6) is 5.75 Å². The summed E-state index contributed by atoms with van der Waals surface area (Å²) < 4.78 is 32.1. The van der Waals surface area contributed by atoms with Crippen LogP contribution in [0.15, 0.2) is 29.2 Å². The number of aromatic amines is 1. The quantitative estimate of drug-likeness (QED) is 0.875. The highest BCUT2D eigenvalue weighted by molar-refractivity contribution is 7.92. The Labute approximate surface area is 117 Å². The van der Waals surface area contributed by atoms with Crippen LogP contribution < -0.4 is 9.46 Å². The van der Waals surface area contributed by atoms with Crippen molar-refractivity contribution in [1.82, 2.24) is 15.4 Å². The van der Waals surface area contributed by atoms with Crippen molar-refractivity contribution in [3.05, 3.63) is 30.0 Å². The Kier molecular flexibility index (Phi) is 3.93. The molecule has 0 aliphatic heterocycles. The van der Waals surface area contributed by atoms with Crippen molar-refractivity contribution in [2.75, 3.05) is 4.72 Å². The Morgan fingerprint density at radius 1 is 1.20 bits per heavy atom. The summed E-state index contributed by atoms with van der Waals surface area (Å²) in [5.41, 5.74) is 0.480. The predicted octanol–water partition coefficient (Wildman–Crippen LogP) is 1.70. The van der Waals surface area contributed by atoms with E-state index in [0.29, 0.717) is 11.4 Å². The summed E-state index contributed by atoms with van der Waals surface area (Å²) in [4.78, 5) is 0.135. The number of sulfonamides is 1. The molecule has 0 saturated carbocycles. The van der Waals surface area contributed by atoms with Crippen molar-refractivity contribution >= 4 is 15.8 Å². The first kappa shape index (κ1) is 14.3. The minimum Gasteiger partial charge on any atom is -0.491 e. The number of anilines is 1. The smallest absolute Gasteiger partial charge is 0.263 e. The summed E-state index contributed by atoms with van der Waals surface area (Å²) >= 11 is 0. The fraction of sp³-hybridized carbons (Fsp3) is 0.333. The summed E-state index contributed by atoms with van der Waals surface area (Å²) in [5, 5.41) is 9.85. The van der Waals surface area contributed by atoms with Gasteiger partial charge in [-0.25, -0.2) is 8.42 Å². The first-order valence-electron chi connectivity index (χ1n) is 6.05. The van der Waals surface area contributed by atoms with Crippen molar-refractivity contribution < 1.29 is 13.2 Å². The number of nitrogens with one attached hydrogen (secondary N) is 2. The molecule has 0 aliphatic rings. The van der Waals surface area contributed by atoms with Gasteiger partial charge in [-0.05, 0) is 45.0 Å². The first-order valence-corrected chi connectivity index (χ1v) is 7.54. The van der Waals surface area contributed by atoms with Gasteiger partial charge in [-0.1, -0.05) is 0 Å². The van der Waals surface area contributed by atoms with Crippen LogP contribution in [-0.2, 0) is 10.0 Å². The number of ether oxygens (including phenoxy) is 1. The average Bonchev–Trinajstić information content (AvgIpc) is 2.74. The van der Waals surface area contributed by atoms with Gasteiger partial charge >= 0.3 is 0 Å². The van der Waals surface area contributed by atoms with Crippen molar-refractivity contribution in [3.63, 3.8) is 0 Å². The van der Waals surface area contributed by atoms with E-state index in [4.69, 9.17) is 4.74 Å². The molecule has 1 aromatic heterocycles. The fourth-order valence-electron chi connectivity index (χ4n) is 1.54. The number of rotatable bonds is 5. The molecule has 1 aromatic carbocycles. The van der Waals surface area contributed by atoms with Crippen LogP contribution >= 0.6 is 0 Å². The van der Waals surface area contributed by atoms with E-state index in [1.807, 2.05) is 13.8 Å². The summed E-state index contributed by atoms with van der Waals surface area (Å²) in [6.45, 7) is 5.46. The standard InChI is InChI=1S/C12H16N4O3S/c1-8(2)19-10-4-6-11(7-5-10)20(17,18)15-12-9(3)13-16-14-12/h4-8H,1-3H3,(H2,13,14,15,16). The highest BCUT2D eigenvalue weighted by Gasteiger charge is 2.17. The zero-order valence-corrected chi connectivity index (χ0v) is 12.2. The summed E-state index contributed by atoms with van der Waals surface area (Å²) in [5.74, 6) is 0.809. The van der Waals surface area contributed by atoms with E-state index in [1.165, 1.54) is 12.1 Å². The van der Waals surface area contributed by atoms with Crippen molar-refractivity contribution in [1.29, 1.82) is 0 Å². The number of aryl methyl sites for hydroxylation is 1. The molecule has 108 valence electrons. The SMILES string of the molecule is Cc1n[nH]nc1NS(=O)(=O)c1ccc(OC(C)C)cc1. The van der Waals surface area contributed by atoms with Crippen molar-refractivity contribution in [3.8, 4) is 5.75 Å². The van der Waals surface area contributed by atoms with E-state index in [9.17, 15) is 8.42 Å². The number of nitrogens with zero attached hydrogens (tertiary/aromatic N) is 2. The van der Waals surface area contributed by atoms with E-state index >= 15 is 0 Å². The average molecular weight is 296 g/mol. The number of hydrogen-bond acceptors (Lipinski definition) is 5. The highest BCUT2D eigenvalue weighted by Crippen LogP contribution is 2.19. The summed E-state index contributed by atoms with van der Waals surface area (Å²) in [7, 11) is -3.68. The molecule has 7 nitrogen and oxygen atoms in total. The highest BCUT2D eigenvalue weighted by atomic mass is 32.2. The molecule has 0 saturated heterocycles. The van der Waals surface area contributed by atoms with E-state index in [-0.39, 0.29) is 16.8 Å². The molecular formula is C12H16N4O3S. The third kappa shape index (κ3) is 3.27. The monoisotopic (exact) mass is 296 g/mol. The summed E-state index contributed by atoms with van der Waals surface area (Å²) in [6, 6.07) is 6.19. The van der Waals surface area contributed by atoms with Gasteiger partial charge in [0.15, 0.2) is 5.82 Å². The van der Waals surface area contributed by atoms with Crippen LogP contribution in [0.3, 0.4) is 0 Å². The van der Waals surface area contributed by atoms with Crippen LogP contribution in [0.4, 0.5) is 5.82 Å². The van der Waals surface area contributed by atoms with Gasteiger partial charge in [0.25, 0.3) is 10.0 Å².